The van der Waals surface area contributed by atoms with E-state index in [1.807, 2.05) is 6.07 Å². The van der Waals surface area contributed by atoms with Gasteiger partial charge in [-0.05, 0) is 12.8 Å². The van der Waals surface area contributed by atoms with Crippen molar-refractivity contribution in [3.05, 3.63) is 11.8 Å². The quantitative estimate of drug-likeness (QED) is 0.800. The summed E-state index contributed by atoms with van der Waals surface area (Å²) in [6.07, 6.45) is 2.63. The van der Waals surface area contributed by atoms with Gasteiger partial charge >= 0.3 is 0 Å². The van der Waals surface area contributed by atoms with E-state index < -0.39 is 10.0 Å². The molecular formula is C9H12N4O3S. The molecule has 0 aromatic carbocycles. The molecule has 8 heteroatoms. The van der Waals surface area contributed by atoms with Crippen LogP contribution >= 0.6 is 0 Å². The average Bonchev–Trinajstić information content (AvgIpc) is 2.87. The van der Waals surface area contributed by atoms with Gasteiger partial charge in [0.1, 0.15) is 11.6 Å². The highest BCUT2D eigenvalue weighted by Gasteiger charge is 2.24. The fourth-order valence-electron chi connectivity index (χ4n) is 1.67. The first-order chi connectivity index (χ1) is 8.11. The monoisotopic (exact) mass is 256 g/mol. The summed E-state index contributed by atoms with van der Waals surface area (Å²) in [6.45, 7) is 0.605. The summed E-state index contributed by atoms with van der Waals surface area (Å²) in [5.74, 6) is 0.00200. The Morgan fingerprint density at radius 2 is 2.53 bits per heavy atom. The number of hydrogen-bond donors (Lipinski definition) is 2. The second-order valence-electron chi connectivity index (χ2n) is 3.79. The molecule has 1 saturated heterocycles. The molecule has 0 radical (unpaired) electrons. The van der Waals surface area contributed by atoms with E-state index in [0.717, 1.165) is 12.8 Å². The third kappa shape index (κ3) is 2.95. The van der Waals surface area contributed by atoms with Crippen LogP contribution in [0.15, 0.2) is 6.20 Å². The summed E-state index contributed by atoms with van der Waals surface area (Å²) < 4.78 is 31.1. The third-order valence-electron chi connectivity index (χ3n) is 2.45. The van der Waals surface area contributed by atoms with Gasteiger partial charge in [-0.15, -0.1) is 0 Å². The lowest BCUT2D eigenvalue weighted by Crippen LogP contribution is -2.26. The smallest absolute Gasteiger partial charge is 0.236 e. The van der Waals surface area contributed by atoms with E-state index in [1.54, 1.807) is 0 Å². The minimum Gasteiger partial charge on any atom is -0.377 e. The number of aromatic nitrogens is 2. The van der Waals surface area contributed by atoms with E-state index in [1.165, 1.54) is 6.20 Å². The molecule has 1 unspecified atom stereocenters. The fourth-order valence-corrected chi connectivity index (χ4v) is 2.97. The Kier molecular flexibility index (Phi) is 3.31. The predicted octanol–water partition coefficient (Wildman–Crippen LogP) is 0.202. The summed E-state index contributed by atoms with van der Waals surface area (Å²) in [6, 6.07) is 1.84. The minimum atomic E-state index is -3.52. The van der Waals surface area contributed by atoms with Crippen LogP contribution in [0.5, 0.6) is 0 Å². The van der Waals surface area contributed by atoms with Crippen molar-refractivity contribution >= 4 is 15.8 Å². The summed E-state index contributed by atoms with van der Waals surface area (Å²) in [5.41, 5.74) is 0.168. The van der Waals surface area contributed by atoms with Crippen molar-refractivity contribution in [2.75, 3.05) is 17.1 Å². The van der Waals surface area contributed by atoms with E-state index in [4.69, 9.17) is 10.00 Å². The van der Waals surface area contributed by atoms with Crippen LogP contribution in [0.4, 0.5) is 5.82 Å². The molecule has 2 rings (SSSR count). The molecule has 0 bridgehead atoms. The standard InChI is InChI=1S/C9H12N4O3S/c10-4-7-5-11-12-9(7)13-17(14,15)6-8-2-1-3-16-8/h5,8H,1-3,6H2,(H2,11,12,13). The van der Waals surface area contributed by atoms with Crippen LogP contribution in [0.1, 0.15) is 18.4 Å². The van der Waals surface area contributed by atoms with Crippen LogP contribution in [-0.2, 0) is 14.8 Å². The molecule has 1 atom stereocenters. The Balaban J connectivity index is 2.04. The SMILES string of the molecule is N#Cc1cn[nH]c1NS(=O)(=O)CC1CCCO1. The molecule has 0 aliphatic carbocycles. The van der Waals surface area contributed by atoms with Gasteiger partial charge in [-0.3, -0.25) is 9.82 Å². The molecule has 1 aliphatic heterocycles. The maximum Gasteiger partial charge on any atom is 0.236 e. The lowest BCUT2D eigenvalue weighted by molar-refractivity contribution is 0.127. The summed E-state index contributed by atoms with van der Waals surface area (Å²) >= 11 is 0. The predicted molar refractivity (Wildman–Crippen MR) is 59.7 cm³/mol. The van der Waals surface area contributed by atoms with Gasteiger partial charge in [0.25, 0.3) is 0 Å². The third-order valence-corrected chi connectivity index (χ3v) is 3.77. The van der Waals surface area contributed by atoms with Gasteiger partial charge in [0.2, 0.25) is 10.0 Å². The summed E-state index contributed by atoms with van der Waals surface area (Å²) in [4.78, 5) is 0. The normalized spacial score (nSPS) is 20.1. The van der Waals surface area contributed by atoms with E-state index in [2.05, 4.69) is 14.9 Å². The number of nitriles is 1. The number of ether oxygens (including phenoxy) is 1. The van der Waals surface area contributed by atoms with Crippen LogP contribution in [0, 0.1) is 11.3 Å². The van der Waals surface area contributed by atoms with Crippen LogP contribution in [0.25, 0.3) is 0 Å². The number of hydrogen-bond acceptors (Lipinski definition) is 5. The van der Waals surface area contributed by atoms with Crippen molar-refractivity contribution in [1.82, 2.24) is 10.2 Å². The molecule has 92 valence electrons. The number of nitrogens with zero attached hydrogens (tertiary/aromatic N) is 2. The second-order valence-corrected chi connectivity index (χ2v) is 5.56. The van der Waals surface area contributed by atoms with Crippen molar-refractivity contribution in [2.24, 2.45) is 0 Å². The summed E-state index contributed by atoms with van der Waals surface area (Å²) in [7, 11) is -3.52. The fraction of sp³-hybridized carbons (Fsp3) is 0.556. The molecule has 2 N–H and O–H groups in total. The molecule has 2 heterocycles. The van der Waals surface area contributed by atoms with Crippen molar-refractivity contribution in [1.29, 1.82) is 5.26 Å². The average molecular weight is 256 g/mol. The van der Waals surface area contributed by atoms with Crippen molar-refractivity contribution in [2.45, 2.75) is 18.9 Å². The second kappa shape index (κ2) is 4.73. The van der Waals surface area contributed by atoms with Gasteiger partial charge in [0.05, 0.1) is 18.1 Å². The molecule has 0 spiro atoms. The number of anilines is 1. The largest absolute Gasteiger partial charge is 0.377 e. The topological polar surface area (TPSA) is 108 Å². The first kappa shape index (κ1) is 11.9. The van der Waals surface area contributed by atoms with E-state index in [0.29, 0.717) is 6.61 Å². The molecule has 17 heavy (non-hydrogen) atoms. The number of H-pyrrole nitrogens is 1. The van der Waals surface area contributed by atoms with Gasteiger partial charge in [-0.2, -0.15) is 10.4 Å². The Bertz CT molecular complexity index is 525. The van der Waals surface area contributed by atoms with Gasteiger partial charge in [-0.25, -0.2) is 8.42 Å². The maximum atomic E-state index is 11.8. The molecule has 1 aliphatic rings. The van der Waals surface area contributed by atoms with E-state index >= 15 is 0 Å². The molecule has 0 saturated carbocycles. The zero-order valence-electron chi connectivity index (χ0n) is 9.01. The van der Waals surface area contributed by atoms with Crippen LogP contribution in [0.2, 0.25) is 0 Å². The van der Waals surface area contributed by atoms with E-state index in [-0.39, 0.29) is 23.2 Å². The van der Waals surface area contributed by atoms with Gasteiger partial charge in [0, 0.05) is 6.61 Å². The van der Waals surface area contributed by atoms with Gasteiger partial charge < -0.3 is 4.74 Å². The molecule has 0 amide bonds. The number of sulfonamides is 1. The first-order valence-electron chi connectivity index (χ1n) is 5.16. The van der Waals surface area contributed by atoms with Crippen LogP contribution < -0.4 is 4.72 Å². The zero-order valence-corrected chi connectivity index (χ0v) is 9.83. The Hall–Kier alpha value is -1.59. The molecule has 1 fully saturated rings. The van der Waals surface area contributed by atoms with Crippen molar-refractivity contribution in [3.8, 4) is 6.07 Å². The van der Waals surface area contributed by atoms with Gasteiger partial charge in [0.15, 0.2) is 5.82 Å². The highest BCUT2D eigenvalue weighted by molar-refractivity contribution is 7.92. The lowest BCUT2D eigenvalue weighted by atomic mass is 10.3. The van der Waals surface area contributed by atoms with Crippen LogP contribution in [0.3, 0.4) is 0 Å². The number of aromatic amines is 1. The number of nitrogens with one attached hydrogen (secondary N) is 2. The van der Waals surface area contributed by atoms with Gasteiger partial charge in [-0.1, -0.05) is 0 Å². The lowest BCUT2D eigenvalue weighted by Gasteiger charge is -2.10. The molecular weight excluding hydrogens is 244 g/mol. The number of rotatable bonds is 4. The molecule has 7 nitrogen and oxygen atoms in total. The molecule has 1 aromatic heterocycles. The maximum absolute atomic E-state index is 11.8. The highest BCUT2D eigenvalue weighted by atomic mass is 32.2. The zero-order chi connectivity index (χ0) is 12.3. The Labute approximate surface area is 98.8 Å². The minimum absolute atomic E-state index is 0.100. The Morgan fingerprint density at radius 1 is 1.71 bits per heavy atom. The van der Waals surface area contributed by atoms with Crippen molar-refractivity contribution < 1.29 is 13.2 Å². The summed E-state index contributed by atoms with van der Waals surface area (Å²) in [5, 5.41) is 14.8. The molecule has 1 aromatic rings. The Morgan fingerprint density at radius 3 is 3.18 bits per heavy atom. The van der Waals surface area contributed by atoms with Crippen molar-refractivity contribution in [3.63, 3.8) is 0 Å². The first-order valence-corrected chi connectivity index (χ1v) is 6.81. The van der Waals surface area contributed by atoms with Crippen LogP contribution in [-0.4, -0.2) is 37.1 Å². The van der Waals surface area contributed by atoms with E-state index in [9.17, 15) is 8.42 Å². The highest BCUT2D eigenvalue weighted by Crippen LogP contribution is 2.16.